The average molecular weight is 187 g/mol. The SMILES string of the molecule is CCC(C)C1C=Cc2ccccc2N1. The van der Waals surface area contributed by atoms with E-state index < -0.39 is 0 Å². The molecule has 0 radical (unpaired) electrons. The molecule has 74 valence electrons. The van der Waals surface area contributed by atoms with E-state index >= 15 is 0 Å². The third-order valence-corrected chi connectivity index (χ3v) is 3.02. The summed E-state index contributed by atoms with van der Waals surface area (Å²) < 4.78 is 0. The fourth-order valence-electron chi connectivity index (χ4n) is 1.79. The Morgan fingerprint density at radius 3 is 2.93 bits per heavy atom. The van der Waals surface area contributed by atoms with E-state index in [1.54, 1.807) is 0 Å². The Kier molecular flexibility index (Phi) is 2.58. The van der Waals surface area contributed by atoms with Gasteiger partial charge < -0.3 is 5.32 Å². The summed E-state index contributed by atoms with van der Waals surface area (Å²) in [6.07, 6.45) is 5.71. The van der Waals surface area contributed by atoms with Crippen molar-refractivity contribution in [2.75, 3.05) is 5.32 Å². The van der Waals surface area contributed by atoms with Crippen LogP contribution in [0.5, 0.6) is 0 Å². The molecule has 0 bridgehead atoms. The van der Waals surface area contributed by atoms with E-state index in [0.717, 1.165) is 0 Å². The first-order chi connectivity index (χ1) is 6.81. The van der Waals surface area contributed by atoms with Gasteiger partial charge in [0.1, 0.15) is 0 Å². The molecule has 1 N–H and O–H groups in total. The Hall–Kier alpha value is -1.24. The summed E-state index contributed by atoms with van der Waals surface area (Å²) in [6.45, 7) is 4.52. The van der Waals surface area contributed by atoms with Crippen molar-refractivity contribution in [3.05, 3.63) is 35.9 Å². The highest BCUT2D eigenvalue weighted by Crippen LogP contribution is 2.25. The van der Waals surface area contributed by atoms with Gasteiger partial charge in [-0.1, -0.05) is 50.6 Å². The molecule has 0 saturated heterocycles. The largest absolute Gasteiger partial charge is 0.378 e. The third kappa shape index (κ3) is 1.67. The van der Waals surface area contributed by atoms with Gasteiger partial charge in [0.25, 0.3) is 0 Å². The van der Waals surface area contributed by atoms with Gasteiger partial charge in [-0.05, 0) is 17.5 Å². The number of hydrogen-bond donors (Lipinski definition) is 1. The summed E-state index contributed by atoms with van der Waals surface area (Å²) in [4.78, 5) is 0. The third-order valence-electron chi connectivity index (χ3n) is 3.02. The van der Waals surface area contributed by atoms with E-state index in [0.29, 0.717) is 12.0 Å². The minimum Gasteiger partial charge on any atom is -0.378 e. The van der Waals surface area contributed by atoms with Crippen LogP contribution < -0.4 is 5.32 Å². The molecule has 0 saturated carbocycles. The molecule has 2 atom stereocenters. The Morgan fingerprint density at radius 2 is 2.14 bits per heavy atom. The first kappa shape index (κ1) is 9.32. The number of fused-ring (bicyclic) bond motifs is 1. The molecule has 0 aromatic heterocycles. The van der Waals surface area contributed by atoms with Crippen molar-refractivity contribution < 1.29 is 0 Å². The molecule has 14 heavy (non-hydrogen) atoms. The summed E-state index contributed by atoms with van der Waals surface area (Å²) in [5.74, 6) is 0.694. The predicted molar refractivity (Wildman–Crippen MR) is 62.3 cm³/mol. The van der Waals surface area contributed by atoms with Crippen LogP contribution in [0.1, 0.15) is 25.8 Å². The van der Waals surface area contributed by atoms with Gasteiger partial charge in [0.2, 0.25) is 0 Å². The quantitative estimate of drug-likeness (QED) is 0.746. The highest BCUT2D eigenvalue weighted by atomic mass is 14.9. The van der Waals surface area contributed by atoms with E-state index in [1.165, 1.54) is 17.7 Å². The van der Waals surface area contributed by atoms with Gasteiger partial charge in [0.15, 0.2) is 0 Å². The van der Waals surface area contributed by atoms with Crippen LogP contribution in [0.25, 0.3) is 6.08 Å². The average Bonchev–Trinajstić information content (AvgIpc) is 2.27. The summed E-state index contributed by atoms with van der Waals surface area (Å²) in [6, 6.07) is 8.95. The number of para-hydroxylation sites is 1. The van der Waals surface area contributed by atoms with Crippen LogP contribution in [0, 0.1) is 5.92 Å². The van der Waals surface area contributed by atoms with Crippen LogP contribution in [-0.2, 0) is 0 Å². The van der Waals surface area contributed by atoms with Crippen molar-refractivity contribution in [2.45, 2.75) is 26.3 Å². The van der Waals surface area contributed by atoms with Crippen LogP contribution in [0.4, 0.5) is 5.69 Å². The molecule has 1 aromatic carbocycles. The van der Waals surface area contributed by atoms with Crippen LogP contribution >= 0.6 is 0 Å². The molecule has 1 aliphatic rings. The number of anilines is 1. The number of rotatable bonds is 2. The maximum atomic E-state index is 3.56. The Balaban J connectivity index is 2.21. The molecule has 0 fully saturated rings. The van der Waals surface area contributed by atoms with Crippen molar-refractivity contribution in [2.24, 2.45) is 5.92 Å². The van der Waals surface area contributed by atoms with Crippen molar-refractivity contribution in [1.29, 1.82) is 0 Å². The second kappa shape index (κ2) is 3.87. The molecule has 1 nitrogen and oxygen atoms in total. The van der Waals surface area contributed by atoms with Crippen molar-refractivity contribution in [1.82, 2.24) is 0 Å². The van der Waals surface area contributed by atoms with Gasteiger partial charge >= 0.3 is 0 Å². The topological polar surface area (TPSA) is 12.0 Å². The van der Waals surface area contributed by atoms with Gasteiger partial charge in [-0.3, -0.25) is 0 Å². The van der Waals surface area contributed by atoms with E-state index in [1.807, 2.05) is 0 Å². The summed E-state index contributed by atoms with van der Waals surface area (Å²) in [5, 5.41) is 3.56. The van der Waals surface area contributed by atoms with Gasteiger partial charge in [-0.2, -0.15) is 0 Å². The lowest BCUT2D eigenvalue weighted by Gasteiger charge is -2.26. The molecular weight excluding hydrogens is 170 g/mol. The zero-order valence-electron chi connectivity index (χ0n) is 8.83. The molecule has 0 aliphatic carbocycles. The van der Waals surface area contributed by atoms with Gasteiger partial charge in [-0.25, -0.2) is 0 Å². The molecule has 1 aliphatic heterocycles. The van der Waals surface area contributed by atoms with Gasteiger partial charge in [-0.15, -0.1) is 0 Å². The number of nitrogens with one attached hydrogen (secondary N) is 1. The van der Waals surface area contributed by atoms with Gasteiger partial charge in [0.05, 0.1) is 0 Å². The van der Waals surface area contributed by atoms with E-state index in [2.05, 4.69) is 55.6 Å². The molecule has 0 spiro atoms. The van der Waals surface area contributed by atoms with E-state index in [-0.39, 0.29) is 0 Å². The number of hydrogen-bond acceptors (Lipinski definition) is 1. The molecule has 1 heterocycles. The normalized spacial score (nSPS) is 21.1. The minimum atomic E-state index is 0.495. The van der Waals surface area contributed by atoms with Crippen molar-refractivity contribution in [3.63, 3.8) is 0 Å². The van der Waals surface area contributed by atoms with Crippen LogP contribution in [0.3, 0.4) is 0 Å². The van der Waals surface area contributed by atoms with Gasteiger partial charge in [0, 0.05) is 11.7 Å². The smallest absolute Gasteiger partial charge is 0.0473 e. The summed E-state index contributed by atoms with van der Waals surface area (Å²) >= 11 is 0. The van der Waals surface area contributed by atoms with E-state index in [4.69, 9.17) is 0 Å². The van der Waals surface area contributed by atoms with E-state index in [9.17, 15) is 0 Å². The monoisotopic (exact) mass is 187 g/mol. The highest BCUT2D eigenvalue weighted by Gasteiger charge is 2.16. The first-order valence-electron chi connectivity index (χ1n) is 5.35. The molecule has 2 rings (SSSR count). The lowest BCUT2D eigenvalue weighted by molar-refractivity contribution is 0.526. The lowest BCUT2D eigenvalue weighted by atomic mass is 9.94. The molecule has 2 unspecified atom stereocenters. The Labute approximate surface area is 85.8 Å². The van der Waals surface area contributed by atoms with Crippen LogP contribution in [0.15, 0.2) is 30.3 Å². The first-order valence-corrected chi connectivity index (χ1v) is 5.35. The Bertz CT molecular complexity index is 341. The molecule has 1 aromatic rings. The number of benzene rings is 1. The highest BCUT2D eigenvalue weighted by molar-refractivity contribution is 5.70. The summed E-state index contributed by atoms with van der Waals surface area (Å²) in [5.41, 5.74) is 2.56. The summed E-state index contributed by atoms with van der Waals surface area (Å²) in [7, 11) is 0. The van der Waals surface area contributed by atoms with Crippen molar-refractivity contribution >= 4 is 11.8 Å². The standard InChI is InChI=1S/C13H17N/c1-3-10(2)12-9-8-11-6-4-5-7-13(11)14-12/h4-10,12,14H,3H2,1-2H3. The van der Waals surface area contributed by atoms with Crippen LogP contribution in [0.2, 0.25) is 0 Å². The van der Waals surface area contributed by atoms with Crippen molar-refractivity contribution in [3.8, 4) is 0 Å². The zero-order valence-corrected chi connectivity index (χ0v) is 8.83. The second-order valence-corrected chi connectivity index (χ2v) is 4.00. The molecule has 1 heteroatoms. The fourth-order valence-corrected chi connectivity index (χ4v) is 1.79. The molecular formula is C13H17N. The maximum Gasteiger partial charge on any atom is 0.0473 e. The minimum absolute atomic E-state index is 0.495. The van der Waals surface area contributed by atoms with Crippen LogP contribution in [-0.4, -0.2) is 6.04 Å². The second-order valence-electron chi connectivity index (χ2n) is 4.00. The predicted octanol–water partition coefficient (Wildman–Crippen LogP) is 3.54. The maximum absolute atomic E-state index is 3.56. The zero-order chi connectivity index (χ0) is 9.97. The molecule has 0 amide bonds. The fraction of sp³-hybridized carbons (Fsp3) is 0.385. The Morgan fingerprint density at radius 1 is 1.36 bits per heavy atom. The lowest BCUT2D eigenvalue weighted by Crippen LogP contribution is -2.26.